The average Bonchev–Trinajstić information content (AvgIpc) is 3.31. The van der Waals surface area contributed by atoms with Crippen molar-refractivity contribution in [2.24, 2.45) is 0 Å². The zero-order valence-corrected chi connectivity index (χ0v) is 20.0. The molecular formula is C26H27ClN4O3. The number of benzene rings is 2. The minimum absolute atomic E-state index is 0.155. The molecule has 176 valence electrons. The van der Waals surface area contributed by atoms with Crippen LogP contribution in [0.15, 0.2) is 65.6 Å². The first-order valence-electron chi connectivity index (χ1n) is 11.3. The zero-order chi connectivity index (χ0) is 24.1. The molecule has 0 saturated carbocycles. The minimum Gasteiger partial charge on any atom is -0.465 e. The normalized spacial score (nSPS) is 11.0. The molecule has 0 amide bonds. The molecule has 4 rings (SSSR count). The lowest BCUT2D eigenvalue weighted by Crippen LogP contribution is -2.20. The van der Waals surface area contributed by atoms with Crippen LogP contribution in [0.4, 0.5) is 5.82 Å². The molecule has 34 heavy (non-hydrogen) atoms. The number of ether oxygens (including phenoxy) is 1. The molecule has 0 saturated heterocycles. The molecule has 0 spiro atoms. The van der Waals surface area contributed by atoms with Gasteiger partial charge >= 0.3 is 5.97 Å². The van der Waals surface area contributed by atoms with E-state index in [0.717, 1.165) is 36.9 Å². The third kappa shape index (κ3) is 5.15. The number of aromatic nitrogens is 3. The van der Waals surface area contributed by atoms with Gasteiger partial charge in [-0.2, -0.15) is 0 Å². The highest BCUT2D eigenvalue weighted by atomic mass is 35.5. The zero-order valence-electron chi connectivity index (χ0n) is 19.3. The van der Waals surface area contributed by atoms with Crippen molar-refractivity contribution in [1.29, 1.82) is 0 Å². The Morgan fingerprint density at radius 1 is 1.09 bits per heavy atom. The molecule has 7 nitrogen and oxygen atoms in total. The lowest BCUT2D eigenvalue weighted by Gasteiger charge is -2.16. The highest BCUT2D eigenvalue weighted by Gasteiger charge is 2.14. The molecule has 0 fully saturated rings. The summed E-state index contributed by atoms with van der Waals surface area (Å²) in [7, 11) is 1.36. The van der Waals surface area contributed by atoms with Crippen LogP contribution >= 0.6 is 11.6 Å². The van der Waals surface area contributed by atoms with Gasteiger partial charge in [-0.3, -0.25) is 13.8 Å². The summed E-state index contributed by atoms with van der Waals surface area (Å²) in [6.45, 7) is 3.39. The van der Waals surface area contributed by atoms with E-state index in [2.05, 4.69) is 16.8 Å². The predicted octanol–water partition coefficient (Wildman–Crippen LogP) is 5.41. The Morgan fingerprint density at radius 3 is 2.50 bits per heavy atom. The highest BCUT2D eigenvalue weighted by Crippen LogP contribution is 2.22. The number of hydrogen-bond donors (Lipinski definition) is 1. The van der Waals surface area contributed by atoms with Crippen LogP contribution in [0.3, 0.4) is 0 Å². The Morgan fingerprint density at radius 2 is 1.82 bits per heavy atom. The van der Waals surface area contributed by atoms with Gasteiger partial charge in [-0.15, -0.1) is 0 Å². The van der Waals surface area contributed by atoms with E-state index in [9.17, 15) is 9.59 Å². The lowest BCUT2D eigenvalue weighted by atomic mass is 10.1. The van der Waals surface area contributed by atoms with Gasteiger partial charge in [0, 0.05) is 35.9 Å². The summed E-state index contributed by atoms with van der Waals surface area (Å²) in [4.78, 5) is 29.4. The second-order valence-corrected chi connectivity index (χ2v) is 8.51. The molecule has 0 aliphatic carbocycles. The first-order valence-corrected chi connectivity index (χ1v) is 11.7. The summed E-state index contributed by atoms with van der Waals surface area (Å²) >= 11 is 6.03. The average molecular weight is 479 g/mol. The molecule has 0 aliphatic heterocycles. The number of nitrogens with one attached hydrogen (secondary N) is 1. The van der Waals surface area contributed by atoms with Gasteiger partial charge in [0.15, 0.2) is 0 Å². The van der Waals surface area contributed by atoms with Crippen LogP contribution in [0, 0.1) is 0 Å². The van der Waals surface area contributed by atoms with Gasteiger partial charge in [-0.1, -0.05) is 55.6 Å². The maximum atomic E-state index is 12.9. The monoisotopic (exact) mass is 478 g/mol. The second kappa shape index (κ2) is 10.6. The van der Waals surface area contributed by atoms with Gasteiger partial charge in [-0.25, -0.2) is 9.78 Å². The maximum absolute atomic E-state index is 12.9. The number of fused-ring (bicyclic) bond motifs is 1. The Kier molecular flexibility index (Phi) is 7.33. The van der Waals surface area contributed by atoms with Crippen LogP contribution in [0.2, 0.25) is 5.02 Å². The summed E-state index contributed by atoms with van der Waals surface area (Å²) in [6, 6.07) is 16.2. The molecular weight excluding hydrogens is 452 g/mol. The minimum atomic E-state index is -0.370. The second-order valence-electron chi connectivity index (χ2n) is 8.07. The Hall–Kier alpha value is -3.58. The fourth-order valence-electron chi connectivity index (χ4n) is 3.81. The van der Waals surface area contributed by atoms with E-state index in [0.29, 0.717) is 34.4 Å². The van der Waals surface area contributed by atoms with Crippen molar-refractivity contribution in [2.75, 3.05) is 12.4 Å². The van der Waals surface area contributed by atoms with E-state index >= 15 is 0 Å². The number of rotatable bonds is 9. The van der Waals surface area contributed by atoms with E-state index in [1.807, 2.05) is 36.4 Å². The van der Waals surface area contributed by atoms with Crippen LogP contribution in [0.25, 0.3) is 17.0 Å². The number of hydrogen-bond acceptors (Lipinski definition) is 5. The summed E-state index contributed by atoms with van der Waals surface area (Å²) in [5.74, 6) is 0.932. The highest BCUT2D eigenvalue weighted by molar-refractivity contribution is 6.30. The molecule has 0 aliphatic rings. The number of imidazole rings is 1. The van der Waals surface area contributed by atoms with Crippen molar-refractivity contribution in [1.82, 2.24) is 14.0 Å². The van der Waals surface area contributed by atoms with E-state index in [4.69, 9.17) is 21.3 Å². The molecule has 2 aromatic heterocycles. The Labute approximate surface area is 203 Å². The Balaban J connectivity index is 1.67. The van der Waals surface area contributed by atoms with Crippen molar-refractivity contribution in [3.05, 3.63) is 87.3 Å². The largest absolute Gasteiger partial charge is 0.465 e. The number of halogens is 1. The number of esters is 1. The summed E-state index contributed by atoms with van der Waals surface area (Å²) < 4.78 is 8.40. The molecule has 1 N–H and O–H groups in total. The number of unbranched alkanes of at least 4 members (excludes halogenated alkanes) is 2. The van der Waals surface area contributed by atoms with Crippen LogP contribution in [-0.2, 0) is 17.8 Å². The van der Waals surface area contributed by atoms with Crippen molar-refractivity contribution >= 4 is 29.2 Å². The fraction of sp³-hybridized carbons (Fsp3) is 0.269. The summed E-state index contributed by atoms with van der Waals surface area (Å²) in [5.41, 5.74) is 2.93. The van der Waals surface area contributed by atoms with Gasteiger partial charge in [0.1, 0.15) is 5.82 Å². The number of nitrogens with zero attached hydrogens (tertiary/aromatic N) is 3. The molecule has 0 atom stereocenters. The number of carbonyl (C=O) groups is 1. The lowest BCUT2D eigenvalue weighted by molar-refractivity contribution is 0.0600. The molecule has 0 bridgehead atoms. The van der Waals surface area contributed by atoms with Gasteiger partial charge in [0.2, 0.25) is 5.78 Å². The first kappa shape index (κ1) is 23.6. The molecule has 8 heteroatoms. The maximum Gasteiger partial charge on any atom is 0.337 e. The summed E-state index contributed by atoms with van der Waals surface area (Å²) in [5, 5.41) is 4.04. The Bertz CT molecular complexity index is 1340. The van der Waals surface area contributed by atoms with E-state index in [1.54, 1.807) is 28.8 Å². The quantitative estimate of drug-likeness (QED) is 0.257. The molecule has 0 unspecified atom stereocenters. The van der Waals surface area contributed by atoms with Crippen molar-refractivity contribution in [3.63, 3.8) is 0 Å². The number of aryl methyl sites for hydroxylation is 1. The third-order valence-electron chi connectivity index (χ3n) is 5.69. The van der Waals surface area contributed by atoms with Crippen LogP contribution < -0.4 is 10.9 Å². The van der Waals surface area contributed by atoms with Crippen molar-refractivity contribution in [3.8, 4) is 11.3 Å². The summed E-state index contributed by atoms with van der Waals surface area (Å²) in [6.07, 6.45) is 4.92. The number of carbonyl (C=O) groups excluding carboxylic acids is 1. The molecule has 2 heterocycles. The van der Waals surface area contributed by atoms with E-state index < -0.39 is 0 Å². The van der Waals surface area contributed by atoms with Gasteiger partial charge < -0.3 is 10.1 Å². The standard InChI is InChI=1S/C26H27ClN4O3/c1-3-4-5-14-30-23(28-16-18-6-8-20(9-7-18)25(33)34-2)15-24(32)31-17-22(29-26(30)31)19-10-12-21(27)13-11-19/h6-13,15,17,28H,3-5,14,16H2,1-2H3. The first-order chi connectivity index (χ1) is 16.5. The van der Waals surface area contributed by atoms with Crippen LogP contribution in [0.1, 0.15) is 42.1 Å². The van der Waals surface area contributed by atoms with Crippen LogP contribution in [0.5, 0.6) is 0 Å². The van der Waals surface area contributed by atoms with Gasteiger partial charge in [-0.05, 0) is 36.2 Å². The predicted molar refractivity (Wildman–Crippen MR) is 135 cm³/mol. The number of methoxy groups -OCH3 is 1. The SMILES string of the molecule is CCCCCn1c(NCc2ccc(C(=O)OC)cc2)cc(=O)n2cc(-c3ccc(Cl)cc3)nc12. The third-order valence-corrected chi connectivity index (χ3v) is 5.94. The smallest absolute Gasteiger partial charge is 0.337 e. The fourth-order valence-corrected chi connectivity index (χ4v) is 3.94. The number of anilines is 1. The van der Waals surface area contributed by atoms with Crippen molar-refractivity contribution in [2.45, 2.75) is 39.3 Å². The topological polar surface area (TPSA) is 77.6 Å². The molecule has 2 aromatic carbocycles. The van der Waals surface area contributed by atoms with Crippen LogP contribution in [-0.4, -0.2) is 27.0 Å². The van der Waals surface area contributed by atoms with E-state index in [-0.39, 0.29) is 11.5 Å². The van der Waals surface area contributed by atoms with Crippen molar-refractivity contribution < 1.29 is 9.53 Å². The van der Waals surface area contributed by atoms with E-state index in [1.165, 1.54) is 7.11 Å². The van der Waals surface area contributed by atoms with Gasteiger partial charge in [0.05, 0.1) is 18.4 Å². The van der Waals surface area contributed by atoms with Gasteiger partial charge in [0.25, 0.3) is 5.56 Å². The molecule has 0 radical (unpaired) electrons. The molecule has 4 aromatic rings.